The highest BCUT2D eigenvalue weighted by atomic mass is 16.2. The van der Waals surface area contributed by atoms with Crippen molar-refractivity contribution in [3.63, 3.8) is 0 Å². The van der Waals surface area contributed by atoms with Crippen molar-refractivity contribution in [2.24, 2.45) is 0 Å². The lowest BCUT2D eigenvalue weighted by Gasteiger charge is -2.28. The number of para-hydroxylation sites is 1. The molecule has 5 nitrogen and oxygen atoms in total. The van der Waals surface area contributed by atoms with Crippen LogP contribution in [0.2, 0.25) is 0 Å². The van der Waals surface area contributed by atoms with Crippen molar-refractivity contribution < 1.29 is 9.59 Å². The largest absolute Gasteiger partial charge is 0.333 e. The second kappa shape index (κ2) is 7.69. The lowest BCUT2D eigenvalue weighted by molar-refractivity contribution is -0.117. The minimum Gasteiger partial charge on any atom is -0.333 e. The van der Waals surface area contributed by atoms with Gasteiger partial charge >= 0.3 is 6.03 Å². The Morgan fingerprint density at radius 1 is 1.12 bits per heavy atom. The van der Waals surface area contributed by atoms with Crippen LogP contribution in [0.25, 0.3) is 0 Å². The summed E-state index contributed by atoms with van der Waals surface area (Å²) < 4.78 is 0. The fourth-order valence-electron chi connectivity index (χ4n) is 3.75. The van der Waals surface area contributed by atoms with Crippen LogP contribution < -0.4 is 10.2 Å². The zero-order valence-electron chi connectivity index (χ0n) is 14.4. The van der Waals surface area contributed by atoms with Crippen LogP contribution in [0.3, 0.4) is 0 Å². The number of hydrogen-bond donors (Lipinski definition) is 1. The van der Waals surface area contributed by atoms with Crippen LogP contribution >= 0.6 is 0 Å². The number of nitrogens with one attached hydrogen (secondary N) is 1. The van der Waals surface area contributed by atoms with Gasteiger partial charge in [-0.05, 0) is 25.0 Å². The Morgan fingerprint density at radius 3 is 2.46 bits per heavy atom. The van der Waals surface area contributed by atoms with Gasteiger partial charge in [0.05, 0.1) is 6.04 Å². The molecule has 2 fully saturated rings. The number of benzene rings is 1. The molecule has 0 spiro atoms. The van der Waals surface area contributed by atoms with E-state index >= 15 is 0 Å². The molecule has 3 rings (SSSR count). The van der Waals surface area contributed by atoms with Crippen molar-refractivity contribution in [3.8, 4) is 0 Å². The van der Waals surface area contributed by atoms with E-state index in [2.05, 4.69) is 5.32 Å². The number of carbonyl (C=O) groups is 2. The normalized spacial score (nSPS) is 22.3. The molecule has 130 valence electrons. The van der Waals surface area contributed by atoms with E-state index in [1.807, 2.05) is 42.3 Å². The van der Waals surface area contributed by atoms with Crippen LogP contribution in [0, 0.1) is 0 Å². The molecule has 5 heteroatoms. The number of hydrogen-bond acceptors (Lipinski definition) is 2. The van der Waals surface area contributed by atoms with Gasteiger partial charge in [-0.2, -0.15) is 0 Å². The number of anilines is 1. The summed E-state index contributed by atoms with van der Waals surface area (Å²) in [5.41, 5.74) is 0.899. The standard InChI is InChI=1S/C19H27N3O2/c1-21(16-9-5-2-3-6-10-16)19(24)20-15-13-18(23)22(14-15)17-11-7-4-8-12-17/h4,7-8,11-12,15-16H,2-3,5-6,9-10,13-14H2,1H3,(H,20,24). The third-order valence-electron chi connectivity index (χ3n) is 5.21. The number of amides is 3. The highest BCUT2D eigenvalue weighted by molar-refractivity contribution is 5.96. The maximum Gasteiger partial charge on any atom is 0.317 e. The maximum atomic E-state index is 12.5. The molecule has 1 aliphatic heterocycles. The third kappa shape index (κ3) is 3.89. The predicted molar refractivity (Wildman–Crippen MR) is 95.0 cm³/mol. The molecule has 0 bridgehead atoms. The molecule has 0 radical (unpaired) electrons. The van der Waals surface area contributed by atoms with Gasteiger partial charge in [0.1, 0.15) is 0 Å². The van der Waals surface area contributed by atoms with E-state index in [0.29, 0.717) is 19.0 Å². The first-order chi connectivity index (χ1) is 11.6. The zero-order chi connectivity index (χ0) is 16.9. The lowest BCUT2D eigenvalue weighted by atomic mass is 10.1. The smallest absolute Gasteiger partial charge is 0.317 e. The van der Waals surface area contributed by atoms with Crippen molar-refractivity contribution >= 4 is 17.6 Å². The number of urea groups is 1. The van der Waals surface area contributed by atoms with E-state index < -0.39 is 0 Å². The van der Waals surface area contributed by atoms with Crippen molar-refractivity contribution in [2.75, 3.05) is 18.5 Å². The summed E-state index contributed by atoms with van der Waals surface area (Å²) in [7, 11) is 1.89. The molecule has 1 atom stereocenters. The number of rotatable bonds is 3. The first-order valence-electron chi connectivity index (χ1n) is 9.04. The summed E-state index contributed by atoms with van der Waals surface area (Å²) in [4.78, 5) is 28.4. The Balaban J connectivity index is 1.56. The van der Waals surface area contributed by atoms with E-state index in [0.717, 1.165) is 18.5 Å². The zero-order valence-corrected chi connectivity index (χ0v) is 14.4. The summed E-state index contributed by atoms with van der Waals surface area (Å²) in [5, 5.41) is 3.05. The van der Waals surface area contributed by atoms with Crippen LogP contribution in [0.15, 0.2) is 30.3 Å². The number of carbonyl (C=O) groups excluding carboxylic acids is 2. The second-order valence-corrected chi connectivity index (χ2v) is 6.95. The van der Waals surface area contributed by atoms with Crippen LogP contribution in [-0.4, -0.2) is 42.5 Å². The van der Waals surface area contributed by atoms with Crippen LogP contribution in [0.1, 0.15) is 44.9 Å². The van der Waals surface area contributed by atoms with Gasteiger partial charge in [-0.3, -0.25) is 4.79 Å². The summed E-state index contributed by atoms with van der Waals surface area (Å²) in [5.74, 6) is 0.0728. The van der Waals surface area contributed by atoms with Gasteiger partial charge in [-0.25, -0.2) is 4.79 Å². The first-order valence-corrected chi connectivity index (χ1v) is 9.04. The van der Waals surface area contributed by atoms with Crippen LogP contribution in [-0.2, 0) is 4.79 Å². The molecule has 1 aromatic carbocycles. The molecule has 1 aromatic rings. The fraction of sp³-hybridized carbons (Fsp3) is 0.579. The molecule has 0 aromatic heterocycles. The van der Waals surface area contributed by atoms with Gasteiger partial charge in [0.15, 0.2) is 0 Å². The topological polar surface area (TPSA) is 52.7 Å². The number of nitrogens with zero attached hydrogens (tertiary/aromatic N) is 2. The fourth-order valence-corrected chi connectivity index (χ4v) is 3.75. The Labute approximate surface area is 144 Å². The second-order valence-electron chi connectivity index (χ2n) is 6.95. The van der Waals surface area contributed by atoms with Gasteiger partial charge in [0.2, 0.25) is 5.91 Å². The minimum atomic E-state index is -0.113. The molecule has 1 heterocycles. The minimum absolute atomic E-state index is 0.0467. The SMILES string of the molecule is CN(C(=O)NC1CC(=O)N(c2ccccc2)C1)C1CCCCCC1. The molecule has 1 saturated heterocycles. The van der Waals surface area contributed by atoms with Crippen molar-refractivity contribution in [2.45, 2.75) is 57.0 Å². The van der Waals surface area contributed by atoms with Gasteiger partial charge in [-0.15, -0.1) is 0 Å². The molecular formula is C19H27N3O2. The molecular weight excluding hydrogens is 302 g/mol. The molecule has 24 heavy (non-hydrogen) atoms. The van der Waals surface area contributed by atoms with Crippen molar-refractivity contribution in [1.29, 1.82) is 0 Å². The summed E-state index contributed by atoms with van der Waals surface area (Å²) in [6, 6.07) is 9.82. The monoisotopic (exact) mass is 329 g/mol. The summed E-state index contributed by atoms with van der Waals surface area (Å²) in [6.45, 7) is 0.549. The molecule has 1 N–H and O–H groups in total. The van der Waals surface area contributed by atoms with Crippen LogP contribution in [0.5, 0.6) is 0 Å². The molecule has 1 unspecified atom stereocenters. The van der Waals surface area contributed by atoms with E-state index in [4.69, 9.17) is 0 Å². The maximum absolute atomic E-state index is 12.5. The molecule has 1 saturated carbocycles. The average molecular weight is 329 g/mol. The third-order valence-corrected chi connectivity index (χ3v) is 5.21. The van der Waals surface area contributed by atoms with E-state index in [-0.39, 0.29) is 18.0 Å². The quantitative estimate of drug-likeness (QED) is 0.866. The Morgan fingerprint density at radius 2 is 1.79 bits per heavy atom. The highest BCUT2D eigenvalue weighted by Gasteiger charge is 2.32. The molecule has 2 aliphatic rings. The lowest BCUT2D eigenvalue weighted by Crippen LogP contribution is -2.48. The van der Waals surface area contributed by atoms with E-state index in [1.54, 1.807) is 4.90 Å². The predicted octanol–water partition coefficient (Wildman–Crippen LogP) is 3.16. The van der Waals surface area contributed by atoms with Gasteiger partial charge in [0, 0.05) is 31.7 Å². The van der Waals surface area contributed by atoms with Crippen molar-refractivity contribution in [1.82, 2.24) is 10.2 Å². The Kier molecular flexibility index (Phi) is 5.38. The summed E-state index contributed by atoms with van der Waals surface area (Å²) >= 11 is 0. The van der Waals surface area contributed by atoms with Gasteiger partial charge in [0.25, 0.3) is 0 Å². The highest BCUT2D eigenvalue weighted by Crippen LogP contribution is 2.23. The van der Waals surface area contributed by atoms with E-state index in [1.165, 1.54) is 25.7 Å². The average Bonchev–Trinajstić information content (AvgIpc) is 2.79. The molecule has 3 amide bonds. The van der Waals surface area contributed by atoms with Crippen molar-refractivity contribution in [3.05, 3.63) is 30.3 Å². The van der Waals surface area contributed by atoms with Gasteiger partial charge in [-0.1, -0.05) is 43.9 Å². The summed E-state index contributed by atoms with van der Waals surface area (Å²) in [6.07, 6.45) is 7.49. The van der Waals surface area contributed by atoms with Gasteiger partial charge < -0.3 is 15.1 Å². The Bertz CT molecular complexity index is 567. The Hall–Kier alpha value is -2.04. The first kappa shape index (κ1) is 16.8. The van der Waals surface area contributed by atoms with E-state index in [9.17, 15) is 9.59 Å². The van der Waals surface area contributed by atoms with Crippen LogP contribution in [0.4, 0.5) is 10.5 Å². The molecule has 1 aliphatic carbocycles.